The first-order valence-corrected chi connectivity index (χ1v) is 5.88. The van der Waals surface area contributed by atoms with Crippen LogP contribution in [0.2, 0.25) is 0 Å². The molecule has 6 heteroatoms. The molecule has 0 fully saturated rings. The van der Waals surface area contributed by atoms with E-state index < -0.39 is 0 Å². The summed E-state index contributed by atoms with van der Waals surface area (Å²) in [6.07, 6.45) is 3.19. The van der Waals surface area contributed by atoms with Crippen molar-refractivity contribution in [3.05, 3.63) is 42.2 Å². The molecule has 90 valence electrons. The lowest BCUT2D eigenvalue weighted by molar-refractivity contribution is 0.260. The highest BCUT2D eigenvalue weighted by Gasteiger charge is 2.24. The van der Waals surface area contributed by atoms with Crippen LogP contribution >= 0.6 is 12.2 Å². The Labute approximate surface area is 109 Å². The van der Waals surface area contributed by atoms with Crippen LogP contribution in [0.25, 0.3) is 0 Å². The van der Waals surface area contributed by atoms with Crippen LogP contribution in [-0.4, -0.2) is 15.5 Å². The van der Waals surface area contributed by atoms with E-state index in [-0.39, 0.29) is 6.23 Å². The molecule has 2 N–H and O–H groups in total. The van der Waals surface area contributed by atoms with E-state index in [9.17, 15) is 0 Å². The molecule has 1 aliphatic heterocycles. The van der Waals surface area contributed by atoms with Gasteiger partial charge in [-0.2, -0.15) is 0 Å². The number of pyridine rings is 2. The maximum Gasteiger partial charge on any atom is 0.198 e. The molecule has 0 aliphatic carbocycles. The second-order valence-electron chi connectivity index (χ2n) is 3.73. The maximum absolute atomic E-state index is 5.76. The van der Waals surface area contributed by atoms with Crippen molar-refractivity contribution in [2.45, 2.75) is 6.23 Å². The van der Waals surface area contributed by atoms with E-state index in [1.807, 2.05) is 24.3 Å². The third-order valence-electron chi connectivity index (χ3n) is 2.58. The van der Waals surface area contributed by atoms with Crippen LogP contribution in [0.15, 0.2) is 36.7 Å². The summed E-state index contributed by atoms with van der Waals surface area (Å²) in [5, 5.41) is 6.07. The molecule has 0 spiro atoms. The molecule has 0 radical (unpaired) electrons. The molecule has 3 rings (SSSR count). The van der Waals surface area contributed by atoms with E-state index in [0.29, 0.717) is 5.82 Å². The molecule has 3 heterocycles. The molecule has 2 aromatic heterocycles. The van der Waals surface area contributed by atoms with Crippen LogP contribution in [0.1, 0.15) is 11.8 Å². The third-order valence-corrected chi connectivity index (χ3v) is 2.69. The number of thiocarbonyl (C=S) groups is 1. The first kappa shape index (κ1) is 10.9. The summed E-state index contributed by atoms with van der Waals surface area (Å²) < 4.78 is 5.76. The number of nitrogens with one attached hydrogen (secondary N) is 2. The summed E-state index contributed by atoms with van der Waals surface area (Å²) in [6, 6.07) is 7.49. The summed E-state index contributed by atoms with van der Waals surface area (Å²) in [6.45, 7) is 0. The Morgan fingerprint density at radius 2 is 2.28 bits per heavy atom. The van der Waals surface area contributed by atoms with Crippen LogP contribution in [0.3, 0.4) is 0 Å². The van der Waals surface area contributed by atoms with Crippen molar-refractivity contribution >= 4 is 29.3 Å². The Balaban J connectivity index is 1.85. The van der Waals surface area contributed by atoms with E-state index in [1.54, 1.807) is 12.4 Å². The van der Waals surface area contributed by atoms with Gasteiger partial charge in [-0.05, 0) is 24.3 Å². The van der Waals surface area contributed by atoms with Gasteiger partial charge in [-0.15, -0.1) is 0 Å². The van der Waals surface area contributed by atoms with Crippen molar-refractivity contribution in [2.75, 3.05) is 10.6 Å². The molecular weight excluding hydrogens is 248 g/mol. The number of hydrogen-bond acceptors (Lipinski definition) is 5. The fraction of sp³-hybridized carbons (Fsp3) is 0.0833. The van der Waals surface area contributed by atoms with Crippen molar-refractivity contribution in [2.24, 2.45) is 0 Å². The zero-order chi connectivity index (χ0) is 12.4. The van der Waals surface area contributed by atoms with Gasteiger partial charge in [0.05, 0.1) is 5.49 Å². The Morgan fingerprint density at radius 1 is 1.33 bits per heavy atom. The van der Waals surface area contributed by atoms with Crippen LogP contribution in [0, 0.1) is 0 Å². The summed E-state index contributed by atoms with van der Waals surface area (Å²) in [5.41, 5.74) is 2.38. The second kappa shape index (κ2) is 4.58. The largest absolute Gasteiger partial charge is 0.463 e. The highest BCUT2D eigenvalue weighted by molar-refractivity contribution is 7.79. The SMILES string of the molecule is S=CNc1cc(C2Nc3ncccc3O2)ccn1. The number of rotatable bonds is 3. The van der Waals surface area contributed by atoms with Gasteiger partial charge >= 0.3 is 0 Å². The number of nitrogens with zero attached hydrogens (tertiary/aromatic N) is 2. The minimum atomic E-state index is -0.247. The average molecular weight is 258 g/mol. The topological polar surface area (TPSA) is 59.1 Å². The Hall–Kier alpha value is -2.21. The average Bonchev–Trinajstić information content (AvgIpc) is 2.83. The molecule has 5 nitrogen and oxygen atoms in total. The Bertz CT molecular complexity index is 565. The van der Waals surface area contributed by atoms with Gasteiger partial charge in [0.2, 0.25) is 0 Å². The highest BCUT2D eigenvalue weighted by atomic mass is 32.1. The van der Waals surface area contributed by atoms with Crippen LogP contribution in [0.5, 0.6) is 5.75 Å². The Kier molecular flexibility index (Phi) is 2.77. The van der Waals surface area contributed by atoms with Gasteiger partial charge in [-0.3, -0.25) is 0 Å². The summed E-state index contributed by atoms with van der Waals surface area (Å²) in [7, 11) is 0. The lowest BCUT2D eigenvalue weighted by Gasteiger charge is -2.11. The molecule has 0 bridgehead atoms. The zero-order valence-corrected chi connectivity index (χ0v) is 10.1. The predicted octanol–water partition coefficient (Wildman–Crippen LogP) is 2.35. The number of fused-ring (bicyclic) bond motifs is 1. The smallest absolute Gasteiger partial charge is 0.198 e. The maximum atomic E-state index is 5.76. The number of hydrogen-bond donors (Lipinski definition) is 2. The fourth-order valence-electron chi connectivity index (χ4n) is 1.78. The molecular formula is C12H10N4OS. The molecule has 0 aromatic carbocycles. The molecule has 1 unspecified atom stereocenters. The van der Waals surface area contributed by atoms with Gasteiger partial charge in [0.1, 0.15) is 5.82 Å². The van der Waals surface area contributed by atoms with Crippen molar-refractivity contribution in [1.29, 1.82) is 0 Å². The van der Waals surface area contributed by atoms with Gasteiger partial charge in [-0.25, -0.2) is 9.97 Å². The Morgan fingerprint density at radius 3 is 3.11 bits per heavy atom. The number of ether oxygens (including phenoxy) is 1. The van der Waals surface area contributed by atoms with Crippen LogP contribution in [-0.2, 0) is 0 Å². The summed E-state index contributed by atoms with van der Waals surface area (Å²) >= 11 is 4.74. The van der Waals surface area contributed by atoms with Crippen LogP contribution in [0.4, 0.5) is 11.6 Å². The molecule has 0 saturated heterocycles. The minimum Gasteiger partial charge on any atom is -0.463 e. The molecule has 1 atom stereocenters. The highest BCUT2D eigenvalue weighted by Crippen LogP contribution is 2.35. The second-order valence-corrected chi connectivity index (χ2v) is 3.96. The molecule has 1 aliphatic rings. The molecule has 0 amide bonds. The molecule has 0 saturated carbocycles. The van der Waals surface area contributed by atoms with Crippen molar-refractivity contribution < 1.29 is 4.74 Å². The zero-order valence-electron chi connectivity index (χ0n) is 9.33. The normalized spacial score (nSPS) is 16.3. The van der Waals surface area contributed by atoms with E-state index in [1.165, 1.54) is 5.49 Å². The third kappa shape index (κ3) is 1.98. The quantitative estimate of drug-likeness (QED) is 0.824. The lowest BCUT2D eigenvalue weighted by Crippen LogP contribution is -2.11. The van der Waals surface area contributed by atoms with Crippen LogP contribution < -0.4 is 15.4 Å². The number of anilines is 2. The van der Waals surface area contributed by atoms with Crippen molar-refractivity contribution in [3.63, 3.8) is 0 Å². The minimum absolute atomic E-state index is 0.247. The first-order chi connectivity index (χ1) is 8.86. The predicted molar refractivity (Wildman–Crippen MR) is 72.7 cm³/mol. The summed E-state index contributed by atoms with van der Waals surface area (Å²) in [4.78, 5) is 8.35. The van der Waals surface area contributed by atoms with E-state index in [4.69, 9.17) is 17.0 Å². The van der Waals surface area contributed by atoms with E-state index >= 15 is 0 Å². The monoisotopic (exact) mass is 258 g/mol. The van der Waals surface area contributed by atoms with E-state index in [0.717, 1.165) is 17.1 Å². The van der Waals surface area contributed by atoms with Gasteiger partial charge in [-0.1, -0.05) is 12.2 Å². The van der Waals surface area contributed by atoms with Gasteiger partial charge in [0.15, 0.2) is 17.8 Å². The van der Waals surface area contributed by atoms with Gasteiger partial charge in [0.25, 0.3) is 0 Å². The lowest BCUT2D eigenvalue weighted by atomic mass is 10.2. The van der Waals surface area contributed by atoms with Crippen molar-refractivity contribution in [1.82, 2.24) is 9.97 Å². The standard InChI is InChI=1S/C12H10N4OS/c18-7-15-10-6-8(3-5-13-10)12-16-11-9(17-12)2-1-4-14-11/h1-7,12H,(H,14,16)(H,13,15,18). The van der Waals surface area contributed by atoms with Gasteiger partial charge in [0, 0.05) is 18.0 Å². The van der Waals surface area contributed by atoms with E-state index in [2.05, 4.69) is 20.6 Å². The van der Waals surface area contributed by atoms with Crippen molar-refractivity contribution in [3.8, 4) is 5.75 Å². The molecule has 2 aromatic rings. The number of aromatic nitrogens is 2. The van der Waals surface area contributed by atoms with Gasteiger partial charge < -0.3 is 15.4 Å². The summed E-state index contributed by atoms with van der Waals surface area (Å²) in [5.74, 6) is 2.20. The molecule has 18 heavy (non-hydrogen) atoms. The fourth-order valence-corrected chi connectivity index (χ4v) is 1.90. The first-order valence-electron chi connectivity index (χ1n) is 5.41.